The lowest BCUT2D eigenvalue weighted by Crippen LogP contribution is -1.82. The first-order chi connectivity index (χ1) is 7.29. The third-order valence-corrected chi connectivity index (χ3v) is 2.91. The Hall–Kier alpha value is -1.26. The Morgan fingerprint density at radius 2 is 2.33 bits per heavy atom. The highest BCUT2D eigenvalue weighted by molar-refractivity contribution is 7.99. The first kappa shape index (κ1) is 10.3. The molecule has 2 rings (SSSR count). The standard InChI is InChI=1S/C10H6ClNO2S/c11-9-5-8(2-1-7(9)6-13)15-10-12-3-4-14-10/h1-6H. The summed E-state index contributed by atoms with van der Waals surface area (Å²) in [6.07, 6.45) is 3.80. The molecule has 1 aromatic heterocycles. The fourth-order valence-corrected chi connectivity index (χ4v) is 2.05. The largest absolute Gasteiger partial charge is 0.440 e. The van der Waals surface area contributed by atoms with Crippen molar-refractivity contribution in [1.82, 2.24) is 4.98 Å². The molecule has 76 valence electrons. The van der Waals surface area contributed by atoms with Gasteiger partial charge in [0.25, 0.3) is 5.22 Å². The summed E-state index contributed by atoms with van der Waals surface area (Å²) >= 11 is 7.22. The number of rotatable bonds is 3. The van der Waals surface area contributed by atoms with Gasteiger partial charge in [0.2, 0.25) is 0 Å². The number of oxazole rings is 1. The predicted molar refractivity (Wildman–Crippen MR) is 57.5 cm³/mol. The molecule has 0 radical (unpaired) electrons. The Bertz CT molecular complexity index is 470. The Morgan fingerprint density at radius 1 is 1.47 bits per heavy atom. The fraction of sp³-hybridized carbons (Fsp3) is 0. The lowest BCUT2D eigenvalue weighted by Gasteiger charge is -1.99. The van der Waals surface area contributed by atoms with Crippen LogP contribution in [0.15, 0.2) is 45.2 Å². The van der Waals surface area contributed by atoms with Crippen molar-refractivity contribution in [3.63, 3.8) is 0 Å². The van der Waals surface area contributed by atoms with Crippen LogP contribution in [0.25, 0.3) is 0 Å². The van der Waals surface area contributed by atoms with E-state index in [2.05, 4.69) is 4.98 Å². The quantitative estimate of drug-likeness (QED) is 0.771. The van der Waals surface area contributed by atoms with Crippen LogP contribution in [-0.2, 0) is 0 Å². The van der Waals surface area contributed by atoms with Crippen molar-refractivity contribution in [2.24, 2.45) is 0 Å². The molecule has 0 aliphatic rings. The van der Waals surface area contributed by atoms with E-state index in [0.717, 1.165) is 11.2 Å². The van der Waals surface area contributed by atoms with Gasteiger partial charge in [-0.3, -0.25) is 4.79 Å². The molecule has 0 atom stereocenters. The number of hydrogen-bond acceptors (Lipinski definition) is 4. The average Bonchev–Trinajstić information content (AvgIpc) is 2.71. The predicted octanol–water partition coefficient (Wildman–Crippen LogP) is 3.29. The second kappa shape index (κ2) is 4.51. The van der Waals surface area contributed by atoms with Crippen LogP contribution in [0.2, 0.25) is 5.02 Å². The molecule has 0 amide bonds. The number of halogens is 1. The first-order valence-corrected chi connectivity index (χ1v) is 5.31. The number of hydrogen-bond donors (Lipinski definition) is 0. The minimum atomic E-state index is 0.432. The molecule has 3 nitrogen and oxygen atoms in total. The van der Waals surface area contributed by atoms with Crippen molar-refractivity contribution in [3.8, 4) is 0 Å². The molecule has 0 spiro atoms. The van der Waals surface area contributed by atoms with Crippen LogP contribution >= 0.6 is 23.4 Å². The van der Waals surface area contributed by atoms with Gasteiger partial charge in [-0.2, -0.15) is 0 Å². The van der Waals surface area contributed by atoms with Crippen LogP contribution in [0, 0.1) is 0 Å². The third-order valence-electron chi connectivity index (χ3n) is 1.71. The Labute approximate surface area is 95.5 Å². The smallest absolute Gasteiger partial charge is 0.260 e. The molecule has 0 fully saturated rings. The topological polar surface area (TPSA) is 43.1 Å². The van der Waals surface area contributed by atoms with Crippen LogP contribution in [-0.4, -0.2) is 11.3 Å². The highest BCUT2D eigenvalue weighted by atomic mass is 35.5. The van der Waals surface area contributed by atoms with Gasteiger partial charge < -0.3 is 4.42 Å². The van der Waals surface area contributed by atoms with Gasteiger partial charge in [-0.25, -0.2) is 4.98 Å². The molecular weight excluding hydrogens is 234 g/mol. The van der Waals surface area contributed by atoms with Gasteiger partial charge >= 0.3 is 0 Å². The molecule has 2 aromatic rings. The number of nitrogens with zero attached hydrogens (tertiary/aromatic N) is 1. The fourth-order valence-electron chi connectivity index (χ4n) is 1.03. The van der Waals surface area contributed by atoms with Crippen molar-refractivity contribution in [2.45, 2.75) is 10.1 Å². The van der Waals surface area contributed by atoms with Gasteiger partial charge in [0.15, 0.2) is 6.29 Å². The van der Waals surface area contributed by atoms with Crippen LogP contribution in [0.5, 0.6) is 0 Å². The van der Waals surface area contributed by atoms with Crippen molar-refractivity contribution >= 4 is 29.6 Å². The van der Waals surface area contributed by atoms with Crippen LogP contribution in [0.3, 0.4) is 0 Å². The Morgan fingerprint density at radius 3 is 2.93 bits per heavy atom. The zero-order valence-electron chi connectivity index (χ0n) is 7.51. The van der Waals surface area contributed by atoms with E-state index in [-0.39, 0.29) is 0 Å². The van der Waals surface area contributed by atoms with E-state index in [1.54, 1.807) is 24.4 Å². The molecule has 0 aliphatic heterocycles. The van der Waals surface area contributed by atoms with E-state index in [1.165, 1.54) is 18.0 Å². The maximum absolute atomic E-state index is 10.5. The van der Waals surface area contributed by atoms with Gasteiger partial charge in [0.05, 0.1) is 11.2 Å². The first-order valence-electron chi connectivity index (χ1n) is 4.11. The SMILES string of the molecule is O=Cc1ccc(Sc2ncco2)cc1Cl. The van der Waals surface area contributed by atoms with E-state index in [4.69, 9.17) is 16.0 Å². The molecule has 0 unspecified atom stereocenters. The number of benzene rings is 1. The minimum Gasteiger partial charge on any atom is -0.440 e. The van der Waals surface area contributed by atoms with Crippen LogP contribution in [0.1, 0.15) is 10.4 Å². The van der Waals surface area contributed by atoms with Gasteiger partial charge in [-0.1, -0.05) is 11.6 Å². The van der Waals surface area contributed by atoms with E-state index in [1.807, 2.05) is 0 Å². The van der Waals surface area contributed by atoms with E-state index in [0.29, 0.717) is 15.8 Å². The molecule has 0 N–H and O–H groups in total. The summed E-state index contributed by atoms with van der Waals surface area (Å²) in [6, 6.07) is 5.17. The summed E-state index contributed by atoms with van der Waals surface area (Å²) in [7, 11) is 0. The second-order valence-electron chi connectivity index (χ2n) is 2.70. The number of aromatic nitrogens is 1. The molecule has 0 bridgehead atoms. The zero-order valence-corrected chi connectivity index (χ0v) is 9.09. The summed E-state index contributed by atoms with van der Waals surface area (Å²) in [5, 5.41) is 0.978. The summed E-state index contributed by atoms with van der Waals surface area (Å²) in [5.74, 6) is 0. The van der Waals surface area contributed by atoms with Gasteiger partial charge in [0.1, 0.15) is 6.26 Å². The molecule has 0 saturated carbocycles. The summed E-state index contributed by atoms with van der Waals surface area (Å²) < 4.78 is 5.07. The van der Waals surface area contributed by atoms with E-state index < -0.39 is 0 Å². The highest BCUT2D eigenvalue weighted by Gasteiger charge is 2.04. The van der Waals surface area contributed by atoms with Crippen molar-refractivity contribution in [1.29, 1.82) is 0 Å². The maximum atomic E-state index is 10.5. The van der Waals surface area contributed by atoms with Crippen molar-refractivity contribution < 1.29 is 9.21 Å². The molecule has 15 heavy (non-hydrogen) atoms. The van der Waals surface area contributed by atoms with Crippen LogP contribution < -0.4 is 0 Å². The van der Waals surface area contributed by atoms with Gasteiger partial charge in [-0.15, -0.1) is 0 Å². The molecular formula is C10H6ClNO2S. The average molecular weight is 240 g/mol. The summed E-state index contributed by atoms with van der Waals surface area (Å²) in [5.41, 5.74) is 0.480. The normalized spacial score (nSPS) is 10.2. The number of carbonyl (C=O) groups excluding carboxylic acids is 1. The zero-order chi connectivity index (χ0) is 10.7. The molecule has 1 aromatic carbocycles. The summed E-state index contributed by atoms with van der Waals surface area (Å²) in [4.78, 5) is 15.4. The Balaban J connectivity index is 2.23. The molecule has 5 heteroatoms. The number of aldehydes is 1. The second-order valence-corrected chi connectivity index (χ2v) is 4.13. The number of carbonyl (C=O) groups is 1. The van der Waals surface area contributed by atoms with E-state index >= 15 is 0 Å². The highest BCUT2D eigenvalue weighted by Crippen LogP contribution is 2.29. The maximum Gasteiger partial charge on any atom is 0.260 e. The molecule has 1 heterocycles. The van der Waals surface area contributed by atoms with Crippen molar-refractivity contribution in [2.75, 3.05) is 0 Å². The lowest BCUT2D eigenvalue weighted by atomic mass is 10.2. The van der Waals surface area contributed by atoms with E-state index in [9.17, 15) is 4.79 Å². The monoisotopic (exact) mass is 239 g/mol. The minimum absolute atomic E-state index is 0.432. The third kappa shape index (κ3) is 2.40. The van der Waals surface area contributed by atoms with Crippen LogP contribution in [0.4, 0.5) is 0 Å². The summed E-state index contributed by atoms with van der Waals surface area (Å²) in [6.45, 7) is 0. The Kier molecular flexibility index (Phi) is 3.08. The van der Waals surface area contributed by atoms with Crippen molar-refractivity contribution in [3.05, 3.63) is 41.2 Å². The molecule has 0 aliphatic carbocycles. The van der Waals surface area contributed by atoms with Gasteiger partial charge in [-0.05, 0) is 30.0 Å². The lowest BCUT2D eigenvalue weighted by molar-refractivity contribution is 0.112. The van der Waals surface area contributed by atoms with Gasteiger partial charge in [0, 0.05) is 10.5 Å². The molecule has 0 saturated heterocycles.